The third kappa shape index (κ3) is 5.24. The van der Waals surface area contributed by atoms with Crippen molar-refractivity contribution in [3.05, 3.63) is 18.2 Å². The standard InChI is InChI=1S/C12H23N5.HI/c1-9(2)10(3)16-12(13-4)15-8-11-14-6-7-17(11)5;/h6-7,9-10H,8H2,1-5H3,(H2,13,15,16);1H. The normalized spacial score (nSPS) is 13.1. The first-order chi connectivity index (χ1) is 8.04. The lowest BCUT2D eigenvalue weighted by Gasteiger charge is -2.20. The molecule has 18 heavy (non-hydrogen) atoms. The lowest BCUT2D eigenvalue weighted by molar-refractivity contribution is 0.480. The zero-order valence-corrected chi connectivity index (χ0v) is 14.1. The fourth-order valence-corrected chi connectivity index (χ4v) is 1.31. The molecule has 0 saturated heterocycles. The van der Waals surface area contributed by atoms with Crippen LogP contribution in [0.5, 0.6) is 0 Å². The summed E-state index contributed by atoms with van der Waals surface area (Å²) < 4.78 is 1.99. The molecule has 1 heterocycles. The van der Waals surface area contributed by atoms with Crippen LogP contribution in [-0.2, 0) is 13.6 Å². The van der Waals surface area contributed by atoms with E-state index in [-0.39, 0.29) is 24.0 Å². The molecule has 1 unspecified atom stereocenters. The smallest absolute Gasteiger partial charge is 0.191 e. The highest BCUT2D eigenvalue weighted by Gasteiger charge is 2.09. The number of aromatic nitrogens is 2. The van der Waals surface area contributed by atoms with Crippen molar-refractivity contribution in [1.82, 2.24) is 20.2 Å². The van der Waals surface area contributed by atoms with Crippen LogP contribution in [0.15, 0.2) is 17.4 Å². The van der Waals surface area contributed by atoms with Gasteiger partial charge < -0.3 is 15.2 Å². The fourth-order valence-electron chi connectivity index (χ4n) is 1.31. The molecule has 5 nitrogen and oxygen atoms in total. The number of hydrogen-bond donors (Lipinski definition) is 2. The van der Waals surface area contributed by atoms with E-state index in [0.29, 0.717) is 18.5 Å². The number of aryl methyl sites for hydroxylation is 1. The molecular formula is C12H24IN5. The molecule has 0 bridgehead atoms. The van der Waals surface area contributed by atoms with Crippen molar-refractivity contribution in [2.75, 3.05) is 7.05 Å². The molecule has 6 heteroatoms. The molecule has 0 spiro atoms. The van der Waals surface area contributed by atoms with Crippen molar-refractivity contribution in [2.24, 2.45) is 18.0 Å². The maximum Gasteiger partial charge on any atom is 0.191 e. The van der Waals surface area contributed by atoms with Gasteiger partial charge in [-0.1, -0.05) is 13.8 Å². The SMILES string of the molecule is CN=C(NCc1nccn1C)NC(C)C(C)C.I. The van der Waals surface area contributed by atoms with Gasteiger partial charge in [0, 0.05) is 32.5 Å². The fraction of sp³-hybridized carbons (Fsp3) is 0.667. The Kier molecular flexibility index (Phi) is 7.97. The van der Waals surface area contributed by atoms with Crippen LogP contribution in [0, 0.1) is 5.92 Å². The molecule has 0 aliphatic heterocycles. The van der Waals surface area contributed by atoms with Crippen molar-refractivity contribution in [3.8, 4) is 0 Å². The third-order valence-corrected chi connectivity index (χ3v) is 2.92. The van der Waals surface area contributed by atoms with Crippen molar-refractivity contribution >= 4 is 29.9 Å². The van der Waals surface area contributed by atoms with Crippen molar-refractivity contribution < 1.29 is 0 Å². The second-order valence-corrected chi connectivity index (χ2v) is 4.56. The van der Waals surface area contributed by atoms with E-state index in [0.717, 1.165) is 11.8 Å². The quantitative estimate of drug-likeness (QED) is 0.486. The molecule has 0 amide bonds. The van der Waals surface area contributed by atoms with Crippen LogP contribution < -0.4 is 10.6 Å². The highest BCUT2D eigenvalue weighted by molar-refractivity contribution is 14.0. The molecule has 1 aromatic heterocycles. The summed E-state index contributed by atoms with van der Waals surface area (Å²) in [5, 5.41) is 6.60. The van der Waals surface area contributed by atoms with Gasteiger partial charge in [0.15, 0.2) is 5.96 Å². The van der Waals surface area contributed by atoms with E-state index in [4.69, 9.17) is 0 Å². The molecule has 0 fully saturated rings. The maximum absolute atomic E-state index is 4.25. The van der Waals surface area contributed by atoms with Gasteiger partial charge in [-0.3, -0.25) is 4.99 Å². The van der Waals surface area contributed by atoms with Gasteiger partial charge in [-0.2, -0.15) is 0 Å². The number of aliphatic imine (C=N–C) groups is 1. The second-order valence-electron chi connectivity index (χ2n) is 4.56. The Morgan fingerprint density at radius 3 is 2.56 bits per heavy atom. The van der Waals surface area contributed by atoms with Crippen molar-refractivity contribution in [3.63, 3.8) is 0 Å². The minimum atomic E-state index is 0. The Bertz CT molecular complexity index is 372. The zero-order chi connectivity index (χ0) is 12.8. The number of guanidine groups is 1. The summed E-state index contributed by atoms with van der Waals surface area (Å²) >= 11 is 0. The van der Waals surface area contributed by atoms with E-state index in [9.17, 15) is 0 Å². The molecule has 0 radical (unpaired) electrons. The van der Waals surface area contributed by atoms with Gasteiger partial charge in [0.2, 0.25) is 0 Å². The molecule has 1 aromatic rings. The maximum atomic E-state index is 4.25. The van der Waals surface area contributed by atoms with E-state index in [2.05, 4.69) is 41.4 Å². The number of imidazole rings is 1. The molecule has 1 rings (SSSR count). The van der Waals surface area contributed by atoms with Crippen LogP contribution in [-0.4, -0.2) is 28.6 Å². The predicted octanol–water partition coefficient (Wildman–Crippen LogP) is 1.75. The number of hydrogen-bond acceptors (Lipinski definition) is 2. The minimum Gasteiger partial charge on any atom is -0.354 e. The average Bonchev–Trinajstić information content (AvgIpc) is 2.69. The van der Waals surface area contributed by atoms with Crippen molar-refractivity contribution in [1.29, 1.82) is 0 Å². The molecule has 2 N–H and O–H groups in total. The van der Waals surface area contributed by atoms with Crippen LogP contribution in [0.1, 0.15) is 26.6 Å². The first kappa shape index (κ1) is 17.2. The van der Waals surface area contributed by atoms with E-state index in [1.165, 1.54) is 0 Å². The Balaban J connectivity index is 0.00000289. The number of nitrogens with one attached hydrogen (secondary N) is 2. The summed E-state index contributed by atoms with van der Waals surface area (Å²) in [6.45, 7) is 7.19. The first-order valence-electron chi connectivity index (χ1n) is 5.98. The summed E-state index contributed by atoms with van der Waals surface area (Å²) in [6, 6.07) is 0.391. The highest BCUT2D eigenvalue weighted by Crippen LogP contribution is 1.99. The van der Waals surface area contributed by atoms with E-state index in [1.54, 1.807) is 13.2 Å². The number of rotatable bonds is 4. The minimum absolute atomic E-state index is 0. The van der Waals surface area contributed by atoms with Crippen LogP contribution >= 0.6 is 24.0 Å². The van der Waals surface area contributed by atoms with E-state index >= 15 is 0 Å². The summed E-state index contributed by atoms with van der Waals surface area (Å²) in [7, 11) is 3.76. The Morgan fingerprint density at radius 1 is 1.44 bits per heavy atom. The predicted molar refractivity (Wildman–Crippen MR) is 86.3 cm³/mol. The van der Waals surface area contributed by atoms with Crippen LogP contribution in [0.25, 0.3) is 0 Å². The summed E-state index contributed by atoms with van der Waals surface area (Å²) in [4.78, 5) is 8.45. The summed E-state index contributed by atoms with van der Waals surface area (Å²) in [6.07, 6.45) is 3.73. The van der Waals surface area contributed by atoms with Gasteiger partial charge in [-0.15, -0.1) is 24.0 Å². The second kappa shape index (κ2) is 8.34. The Labute approximate surface area is 126 Å². The molecule has 0 aliphatic carbocycles. The topological polar surface area (TPSA) is 54.2 Å². The average molecular weight is 365 g/mol. The van der Waals surface area contributed by atoms with Crippen LogP contribution in [0.3, 0.4) is 0 Å². The van der Waals surface area contributed by atoms with E-state index in [1.807, 2.05) is 17.8 Å². The van der Waals surface area contributed by atoms with Gasteiger partial charge in [0.1, 0.15) is 5.82 Å². The van der Waals surface area contributed by atoms with Gasteiger partial charge in [-0.25, -0.2) is 4.98 Å². The van der Waals surface area contributed by atoms with Gasteiger partial charge in [0.05, 0.1) is 6.54 Å². The van der Waals surface area contributed by atoms with Gasteiger partial charge in [0.25, 0.3) is 0 Å². The van der Waals surface area contributed by atoms with E-state index < -0.39 is 0 Å². The number of nitrogens with zero attached hydrogens (tertiary/aromatic N) is 3. The third-order valence-electron chi connectivity index (χ3n) is 2.92. The van der Waals surface area contributed by atoms with Crippen LogP contribution in [0.4, 0.5) is 0 Å². The van der Waals surface area contributed by atoms with Gasteiger partial charge >= 0.3 is 0 Å². The Hall–Kier alpha value is -0.790. The van der Waals surface area contributed by atoms with Crippen LogP contribution in [0.2, 0.25) is 0 Å². The molecule has 0 aromatic carbocycles. The lowest BCUT2D eigenvalue weighted by Crippen LogP contribution is -2.44. The molecule has 0 aliphatic rings. The Morgan fingerprint density at radius 2 is 2.11 bits per heavy atom. The number of halogens is 1. The molecule has 0 saturated carbocycles. The first-order valence-corrected chi connectivity index (χ1v) is 5.98. The highest BCUT2D eigenvalue weighted by atomic mass is 127. The molecular weight excluding hydrogens is 341 g/mol. The monoisotopic (exact) mass is 365 g/mol. The molecule has 104 valence electrons. The van der Waals surface area contributed by atoms with Gasteiger partial charge in [-0.05, 0) is 12.8 Å². The lowest BCUT2D eigenvalue weighted by atomic mass is 10.1. The zero-order valence-electron chi connectivity index (χ0n) is 11.8. The van der Waals surface area contributed by atoms with Crippen molar-refractivity contribution in [2.45, 2.75) is 33.4 Å². The summed E-state index contributed by atoms with van der Waals surface area (Å²) in [5.41, 5.74) is 0. The summed E-state index contributed by atoms with van der Waals surface area (Å²) in [5.74, 6) is 2.38. The molecule has 1 atom stereocenters. The largest absolute Gasteiger partial charge is 0.354 e.